The molecule has 0 amide bonds. The molecule has 7 heteroatoms. The van der Waals surface area contributed by atoms with Crippen molar-refractivity contribution in [3.63, 3.8) is 0 Å². The van der Waals surface area contributed by atoms with Gasteiger partial charge in [0.15, 0.2) is 5.78 Å². The van der Waals surface area contributed by atoms with Gasteiger partial charge in [0.1, 0.15) is 10.7 Å². The number of aryl methyl sites for hydroxylation is 1. The van der Waals surface area contributed by atoms with Crippen molar-refractivity contribution >= 4 is 32.7 Å². The maximum absolute atomic E-state index is 13.0. The summed E-state index contributed by atoms with van der Waals surface area (Å²) in [5.74, 6) is 0.507. The molecule has 0 N–H and O–H groups in total. The number of rotatable bonds is 6. The van der Waals surface area contributed by atoms with Crippen molar-refractivity contribution in [3.05, 3.63) is 59.4 Å². The first kappa shape index (κ1) is 20.2. The highest BCUT2D eigenvalue weighted by atomic mass is 32.2. The molecule has 1 heterocycles. The molecule has 0 aliphatic carbocycles. The molecule has 0 aliphatic heterocycles. The summed E-state index contributed by atoms with van der Waals surface area (Å²) in [6, 6.07) is 10.5. The van der Waals surface area contributed by atoms with Crippen molar-refractivity contribution in [3.8, 4) is 5.75 Å². The Balaban J connectivity index is 2.13. The molecule has 1 aromatic heterocycles. The number of aromatic nitrogens is 1. The minimum absolute atomic E-state index is 0.0502. The Morgan fingerprint density at radius 1 is 1.27 bits per heavy atom. The maximum atomic E-state index is 13.0. The van der Waals surface area contributed by atoms with Gasteiger partial charge in [0.05, 0.1) is 28.5 Å². The van der Waals surface area contributed by atoms with Crippen LogP contribution in [0.25, 0.3) is 0 Å². The summed E-state index contributed by atoms with van der Waals surface area (Å²) in [5, 5.41) is -0.343. The molecule has 0 aliphatic rings. The summed E-state index contributed by atoms with van der Waals surface area (Å²) < 4.78 is 22.2. The number of ketones is 1. The molecular weight excluding hydrogens is 368 g/mol. The van der Waals surface area contributed by atoms with Gasteiger partial charge in [-0.25, -0.2) is 4.21 Å². The van der Waals surface area contributed by atoms with Gasteiger partial charge in [0, 0.05) is 23.7 Å². The standard InChI is InChI=1S/C19H22N2O3S2/c1-13-5-6-16(12-20-13)14(2)26(4,23)21-19(25)11-18(22)15-7-9-17(24-3)10-8-15/h5-10,12,14H,11H2,1-4H3. The van der Waals surface area contributed by atoms with Gasteiger partial charge in [0.25, 0.3) is 0 Å². The molecule has 0 fully saturated rings. The van der Waals surface area contributed by atoms with Crippen molar-refractivity contribution in [1.29, 1.82) is 0 Å². The first-order chi connectivity index (χ1) is 12.2. The molecule has 2 unspecified atom stereocenters. The van der Waals surface area contributed by atoms with E-state index >= 15 is 0 Å². The van der Waals surface area contributed by atoms with Crippen molar-refractivity contribution in [1.82, 2.24) is 4.98 Å². The number of carbonyl (C=O) groups is 1. The fourth-order valence-electron chi connectivity index (χ4n) is 2.30. The van der Waals surface area contributed by atoms with Crippen LogP contribution in [-0.4, -0.2) is 33.3 Å². The van der Waals surface area contributed by atoms with E-state index in [9.17, 15) is 9.00 Å². The van der Waals surface area contributed by atoms with E-state index in [0.29, 0.717) is 11.3 Å². The average Bonchev–Trinajstić information content (AvgIpc) is 2.61. The van der Waals surface area contributed by atoms with Gasteiger partial charge in [-0.3, -0.25) is 9.78 Å². The van der Waals surface area contributed by atoms with E-state index < -0.39 is 9.73 Å². The number of ether oxygens (including phenoxy) is 1. The first-order valence-electron chi connectivity index (χ1n) is 8.06. The van der Waals surface area contributed by atoms with Gasteiger partial charge in [0.2, 0.25) is 0 Å². The van der Waals surface area contributed by atoms with E-state index in [4.69, 9.17) is 17.0 Å². The Morgan fingerprint density at radius 2 is 1.92 bits per heavy atom. The molecular formula is C19H22N2O3S2. The van der Waals surface area contributed by atoms with Crippen LogP contribution >= 0.6 is 12.2 Å². The molecule has 2 aromatic rings. The number of hydrogen-bond donors (Lipinski definition) is 0. The summed E-state index contributed by atoms with van der Waals surface area (Å²) in [6.45, 7) is 3.72. The van der Waals surface area contributed by atoms with Crippen LogP contribution in [0.5, 0.6) is 5.75 Å². The highest BCUT2D eigenvalue weighted by Crippen LogP contribution is 2.23. The number of benzene rings is 1. The van der Waals surface area contributed by atoms with Gasteiger partial charge in [-0.2, -0.15) is 4.36 Å². The first-order valence-corrected chi connectivity index (χ1v) is 10.5. The molecule has 2 atom stereocenters. The van der Waals surface area contributed by atoms with Crippen LogP contribution in [0.1, 0.15) is 40.2 Å². The van der Waals surface area contributed by atoms with Crippen molar-refractivity contribution in [2.75, 3.05) is 13.4 Å². The van der Waals surface area contributed by atoms with Gasteiger partial charge in [-0.05, 0) is 49.7 Å². The predicted molar refractivity (Wildman–Crippen MR) is 108 cm³/mol. The number of Topliss-reactive ketones (excluding diaryl/α,β-unsaturated/α-hetero) is 1. The van der Waals surface area contributed by atoms with Crippen LogP contribution in [-0.2, 0) is 9.73 Å². The lowest BCUT2D eigenvalue weighted by atomic mass is 10.1. The van der Waals surface area contributed by atoms with Crippen molar-refractivity contribution in [2.24, 2.45) is 4.36 Å². The maximum Gasteiger partial charge on any atom is 0.169 e. The number of hydrogen-bond acceptors (Lipinski definition) is 5. The third-order valence-electron chi connectivity index (χ3n) is 4.07. The smallest absolute Gasteiger partial charge is 0.169 e. The topological polar surface area (TPSA) is 68.6 Å². The molecule has 138 valence electrons. The summed E-state index contributed by atoms with van der Waals surface area (Å²) in [5.41, 5.74) is 2.24. The molecule has 0 saturated carbocycles. The minimum Gasteiger partial charge on any atom is -0.497 e. The highest BCUT2D eigenvalue weighted by molar-refractivity contribution is 7.94. The molecule has 1 aromatic carbocycles. The van der Waals surface area contributed by atoms with E-state index in [2.05, 4.69) is 9.35 Å². The lowest BCUT2D eigenvalue weighted by Crippen LogP contribution is -2.12. The fourth-order valence-corrected chi connectivity index (χ4v) is 4.15. The van der Waals surface area contributed by atoms with Crippen molar-refractivity contribution in [2.45, 2.75) is 25.5 Å². The van der Waals surface area contributed by atoms with E-state index in [1.165, 1.54) is 0 Å². The number of methoxy groups -OCH3 is 1. The Morgan fingerprint density at radius 3 is 2.46 bits per heavy atom. The number of pyridine rings is 1. The zero-order chi connectivity index (χ0) is 19.3. The third kappa shape index (κ3) is 5.19. The quantitative estimate of drug-likeness (QED) is 0.547. The molecule has 0 bridgehead atoms. The van der Waals surface area contributed by atoms with E-state index in [1.807, 2.05) is 26.0 Å². The van der Waals surface area contributed by atoms with Crippen LogP contribution in [0.2, 0.25) is 0 Å². The molecule has 5 nitrogen and oxygen atoms in total. The largest absolute Gasteiger partial charge is 0.497 e. The van der Waals surface area contributed by atoms with Gasteiger partial charge < -0.3 is 4.74 Å². The normalized spacial score (nSPS) is 14.2. The Labute approximate surface area is 160 Å². The SMILES string of the molecule is COc1ccc(C(=O)CC(=S)N=S(C)(=O)C(C)c2ccc(C)nc2)cc1. The van der Waals surface area contributed by atoms with Crippen molar-refractivity contribution < 1.29 is 13.7 Å². The summed E-state index contributed by atoms with van der Waals surface area (Å²) in [6.07, 6.45) is 3.21. The van der Waals surface area contributed by atoms with E-state index in [0.717, 1.165) is 11.3 Å². The van der Waals surface area contributed by atoms with Gasteiger partial charge in [-0.1, -0.05) is 18.3 Å². The molecule has 2 rings (SSSR count). The van der Waals surface area contributed by atoms with E-state index in [1.54, 1.807) is 43.8 Å². The molecule has 0 saturated heterocycles. The number of carbonyl (C=O) groups excluding carboxylic acids is 1. The molecule has 0 spiro atoms. The Hall–Kier alpha value is -2.12. The highest BCUT2D eigenvalue weighted by Gasteiger charge is 2.18. The zero-order valence-electron chi connectivity index (χ0n) is 15.3. The fraction of sp³-hybridized carbons (Fsp3) is 0.316. The second-order valence-corrected chi connectivity index (χ2v) is 9.13. The summed E-state index contributed by atoms with van der Waals surface area (Å²) in [4.78, 5) is 16.7. The molecule has 26 heavy (non-hydrogen) atoms. The number of nitrogens with zero attached hydrogens (tertiary/aromatic N) is 2. The average molecular weight is 391 g/mol. The van der Waals surface area contributed by atoms with Crippen LogP contribution in [0, 0.1) is 6.92 Å². The second kappa shape index (κ2) is 8.51. The monoisotopic (exact) mass is 390 g/mol. The summed E-state index contributed by atoms with van der Waals surface area (Å²) >= 11 is 5.21. The second-order valence-electron chi connectivity index (χ2n) is 6.05. The van der Waals surface area contributed by atoms with Crippen LogP contribution in [0.15, 0.2) is 47.0 Å². The van der Waals surface area contributed by atoms with Gasteiger partial charge >= 0.3 is 0 Å². The lowest BCUT2D eigenvalue weighted by Gasteiger charge is -2.14. The zero-order valence-corrected chi connectivity index (χ0v) is 16.9. The molecule has 0 radical (unpaired) electrons. The third-order valence-corrected chi connectivity index (χ3v) is 6.58. The van der Waals surface area contributed by atoms with Gasteiger partial charge in [-0.15, -0.1) is 0 Å². The summed E-state index contributed by atoms with van der Waals surface area (Å²) in [7, 11) is -1.08. The minimum atomic E-state index is -2.64. The van der Waals surface area contributed by atoms with Crippen LogP contribution < -0.4 is 4.74 Å². The Kier molecular flexibility index (Phi) is 6.61. The van der Waals surface area contributed by atoms with Crippen LogP contribution in [0.4, 0.5) is 0 Å². The van der Waals surface area contributed by atoms with E-state index in [-0.39, 0.29) is 22.4 Å². The number of thiocarbonyl (C=S) groups is 1. The van der Waals surface area contributed by atoms with Crippen LogP contribution in [0.3, 0.4) is 0 Å². The Bertz CT molecular complexity index is 913. The predicted octanol–water partition coefficient (Wildman–Crippen LogP) is 4.16. The lowest BCUT2D eigenvalue weighted by molar-refractivity contribution is 0.100.